The molecule has 1 unspecified atom stereocenters. The number of halogens is 1. The molecule has 0 radical (unpaired) electrons. The van der Waals surface area contributed by atoms with E-state index in [1.807, 2.05) is 0 Å². The maximum Gasteiger partial charge on any atom is 0.330 e. The van der Waals surface area contributed by atoms with E-state index in [9.17, 15) is 19.8 Å². The molecule has 0 bridgehead atoms. The van der Waals surface area contributed by atoms with Crippen molar-refractivity contribution >= 4 is 22.6 Å². The lowest BCUT2D eigenvalue weighted by atomic mass is 10.1. The number of nitrogens with zero attached hydrogens (tertiary/aromatic N) is 1. The van der Waals surface area contributed by atoms with Crippen molar-refractivity contribution in [1.29, 1.82) is 0 Å². The fourth-order valence-corrected chi connectivity index (χ4v) is 3.09. The third-order valence-electron chi connectivity index (χ3n) is 3.79. The maximum atomic E-state index is 12.0. The van der Waals surface area contributed by atoms with Gasteiger partial charge in [0.1, 0.15) is 18.3 Å². The molecular weight excluding hydrogens is 423 g/mol. The Balaban J connectivity index is 2.36. The molecule has 1 aromatic heterocycles. The van der Waals surface area contributed by atoms with Gasteiger partial charge in [-0.15, -0.1) is 0 Å². The van der Waals surface area contributed by atoms with E-state index >= 15 is 0 Å². The van der Waals surface area contributed by atoms with Crippen LogP contribution < -0.4 is 11.2 Å². The Hall–Kier alpha value is -0.790. The van der Waals surface area contributed by atoms with Crippen molar-refractivity contribution < 1.29 is 24.8 Å². The summed E-state index contributed by atoms with van der Waals surface area (Å²) < 4.78 is 12.2. The van der Waals surface area contributed by atoms with Crippen LogP contribution in [0.4, 0.5) is 0 Å². The summed E-state index contributed by atoms with van der Waals surface area (Å²) in [6.07, 6.45) is -3.54. The largest absolute Gasteiger partial charge is 0.394 e. The summed E-state index contributed by atoms with van der Waals surface area (Å²) in [6.45, 7) is -0.500. The van der Waals surface area contributed by atoms with Crippen LogP contribution in [0.15, 0.2) is 15.8 Å². The smallest absolute Gasteiger partial charge is 0.330 e. The topological polar surface area (TPSA) is 134 Å². The molecule has 2 heterocycles. The van der Waals surface area contributed by atoms with Gasteiger partial charge in [-0.3, -0.25) is 14.3 Å². The van der Waals surface area contributed by atoms with Crippen molar-refractivity contribution in [1.82, 2.24) is 9.55 Å². The van der Waals surface area contributed by atoms with Gasteiger partial charge < -0.3 is 24.8 Å². The summed E-state index contributed by atoms with van der Waals surface area (Å²) in [5.74, 6) is 0. The summed E-state index contributed by atoms with van der Waals surface area (Å²) in [7, 11) is 1.53. The summed E-state index contributed by atoms with van der Waals surface area (Å²) in [6, 6.07) is 0. The SMILES string of the molecule is CO[C@@H](CI)Cc1cn([C@@H]2O[C@H](CO)C(O)[C@@H]2O)c(=O)[nH]c1=O. The van der Waals surface area contributed by atoms with E-state index in [4.69, 9.17) is 14.6 Å². The molecular formula is C13H19IN2O7. The molecule has 1 fully saturated rings. The Labute approximate surface area is 145 Å². The second-order valence-corrected chi connectivity index (χ2v) is 6.15. The standard InChI is InChI=1S/C13H19IN2O7/c1-22-7(3-14)2-6-4-16(13(21)15-11(6)20)12-10(19)9(18)8(5-17)23-12/h4,7-10,12,17-19H,2-3,5H2,1H3,(H,15,20,21)/t7-,8-,9?,10+,12-/m1/s1. The minimum absolute atomic E-state index is 0.201. The van der Waals surface area contributed by atoms with Gasteiger partial charge in [-0.25, -0.2) is 4.79 Å². The fourth-order valence-electron chi connectivity index (χ4n) is 2.42. The Kier molecular flexibility index (Phi) is 6.33. The minimum atomic E-state index is -1.40. The van der Waals surface area contributed by atoms with Crippen molar-refractivity contribution in [2.75, 3.05) is 18.1 Å². The Morgan fingerprint density at radius 1 is 1.43 bits per heavy atom. The van der Waals surface area contributed by atoms with Gasteiger partial charge in [0, 0.05) is 29.7 Å². The number of hydrogen-bond donors (Lipinski definition) is 4. The zero-order chi connectivity index (χ0) is 17.1. The summed E-state index contributed by atoms with van der Waals surface area (Å²) in [5.41, 5.74) is -1.01. The van der Waals surface area contributed by atoms with Gasteiger partial charge in [0.25, 0.3) is 5.56 Å². The molecule has 0 spiro atoms. The third kappa shape index (κ3) is 3.83. The van der Waals surface area contributed by atoms with Crippen LogP contribution in [0.1, 0.15) is 11.8 Å². The van der Waals surface area contributed by atoms with E-state index in [1.165, 1.54) is 13.3 Å². The lowest BCUT2D eigenvalue weighted by molar-refractivity contribution is -0.0551. The third-order valence-corrected chi connectivity index (χ3v) is 4.77. The molecule has 0 saturated carbocycles. The van der Waals surface area contributed by atoms with E-state index in [0.717, 1.165) is 4.57 Å². The first-order valence-corrected chi connectivity index (χ1v) is 8.51. The number of ether oxygens (including phenoxy) is 2. The summed E-state index contributed by atoms with van der Waals surface area (Å²) in [5, 5.41) is 28.9. The highest BCUT2D eigenvalue weighted by Gasteiger charge is 2.43. The molecule has 1 aliphatic heterocycles. The van der Waals surface area contributed by atoms with Crippen LogP contribution in [0, 0.1) is 0 Å². The van der Waals surface area contributed by atoms with E-state index < -0.39 is 42.4 Å². The minimum Gasteiger partial charge on any atom is -0.394 e. The zero-order valence-corrected chi connectivity index (χ0v) is 14.5. The number of H-pyrrole nitrogens is 1. The van der Waals surface area contributed by atoms with Crippen molar-refractivity contribution in [3.05, 3.63) is 32.6 Å². The Morgan fingerprint density at radius 3 is 2.65 bits per heavy atom. The molecule has 4 N–H and O–H groups in total. The number of methoxy groups -OCH3 is 1. The van der Waals surface area contributed by atoms with Crippen LogP contribution in [0.5, 0.6) is 0 Å². The van der Waals surface area contributed by atoms with Crippen LogP contribution in [-0.2, 0) is 15.9 Å². The van der Waals surface area contributed by atoms with Crippen LogP contribution in [0.25, 0.3) is 0 Å². The van der Waals surface area contributed by atoms with E-state index in [0.29, 0.717) is 9.99 Å². The second-order valence-electron chi connectivity index (χ2n) is 5.27. The molecule has 23 heavy (non-hydrogen) atoms. The zero-order valence-electron chi connectivity index (χ0n) is 12.4. The van der Waals surface area contributed by atoms with Crippen LogP contribution in [0.2, 0.25) is 0 Å². The van der Waals surface area contributed by atoms with Crippen molar-refractivity contribution in [2.24, 2.45) is 0 Å². The second kappa shape index (κ2) is 7.85. The van der Waals surface area contributed by atoms with E-state index in [2.05, 4.69) is 27.6 Å². The van der Waals surface area contributed by atoms with Crippen molar-refractivity contribution in [3.63, 3.8) is 0 Å². The number of rotatable bonds is 6. The molecule has 1 aliphatic rings. The highest BCUT2D eigenvalue weighted by molar-refractivity contribution is 14.1. The number of alkyl halides is 1. The molecule has 10 heteroatoms. The number of nitrogens with one attached hydrogen (secondary N) is 1. The molecule has 1 saturated heterocycles. The number of aliphatic hydroxyl groups is 3. The number of hydrogen-bond acceptors (Lipinski definition) is 7. The lowest BCUT2D eigenvalue weighted by Gasteiger charge is -2.19. The van der Waals surface area contributed by atoms with Crippen molar-refractivity contribution in [3.8, 4) is 0 Å². The summed E-state index contributed by atoms with van der Waals surface area (Å²) in [4.78, 5) is 26.1. The predicted molar refractivity (Wildman–Crippen MR) is 87.7 cm³/mol. The normalized spacial score (nSPS) is 28.9. The van der Waals surface area contributed by atoms with E-state index in [-0.39, 0.29) is 12.5 Å². The maximum absolute atomic E-state index is 12.0. The molecule has 0 aromatic carbocycles. The van der Waals surface area contributed by atoms with Gasteiger partial charge in [-0.2, -0.15) is 0 Å². The molecule has 130 valence electrons. The lowest BCUT2D eigenvalue weighted by Crippen LogP contribution is -2.39. The van der Waals surface area contributed by atoms with Crippen LogP contribution >= 0.6 is 22.6 Å². The van der Waals surface area contributed by atoms with Gasteiger partial charge in [-0.1, -0.05) is 22.6 Å². The van der Waals surface area contributed by atoms with Gasteiger partial charge in [-0.05, 0) is 0 Å². The average Bonchev–Trinajstić information content (AvgIpc) is 2.82. The van der Waals surface area contributed by atoms with Crippen molar-refractivity contribution in [2.45, 2.75) is 37.1 Å². The number of aromatic nitrogens is 2. The first kappa shape index (κ1) is 18.5. The first-order valence-electron chi connectivity index (χ1n) is 6.98. The van der Waals surface area contributed by atoms with Gasteiger partial charge in [0.2, 0.25) is 0 Å². The molecule has 1 aromatic rings. The van der Waals surface area contributed by atoms with Gasteiger partial charge in [0.15, 0.2) is 6.23 Å². The van der Waals surface area contributed by atoms with Gasteiger partial charge in [0.05, 0.1) is 12.7 Å². The highest BCUT2D eigenvalue weighted by atomic mass is 127. The number of aromatic amines is 1. The number of aliphatic hydroxyl groups excluding tert-OH is 3. The average molecular weight is 442 g/mol. The van der Waals surface area contributed by atoms with E-state index in [1.54, 1.807) is 0 Å². The molecule has 2 rings (SSSR count). The Morgan fingerprint density at radius 2 is 2.13 bits per heavy atom. The highest BCUT2D eigenvalue weighted by Crippen LogP contribution is 2.28. The molecule has 0 amide bonds. The fraction of sp³-hybridized carbons (Fsp3) is 0.692. The molecule has 9 nitrogen and oxygen atoms in total. The summed E-state index contributed by atoms with van der Waals surface area (Å²) >= 11 is 2.12. The molecule has 5 atom stereocenters. The van der Waals surface area contributed by atoms with Crippen LogP contribution in [0.3, 0.4) is 0 Å². The first-order chi connectivity index (χ1) is 10.9. The quantitative estimate of drug-likeness (QED) is 0.300. The monoisotopic (exact) mass is 442 g/mol. The molecule has 0 aliphatic carbocycles. The van der Waals surface area contributed by atoms with Gasteiger partial charge >= 0.3 is 5.69 Å². The Bertz CT molecular complexity index is 642. The van der Waals surface area contributed by atoms with Crippen LogP contribution in [-0.4, -0.2) is 67.4 Å². The predicted octanol–water partition coefficient (Wildman–Crippen LogP) is -1.86.